The van der Waals surface area contributed by atoms with Crippen molar-refractivity contribution in [1.82, 2.24) is 9.97 Å². The normalized spacial score (nSPS) is 10.5. The van der Waals surface area contributed by atoms with Crippen LogP contribution in [-0.4, -0.2) is 17.1 Å². The largest absolute Gasteiger partial charge is 0.497 e. The van der Waals surface area contributed by atoms with E-state index in [1.165, 1.54) is 4.88 Å². The van der Waals surface area contributed by atoms with Gasteiger partial charge in [-0.2, -0.15) is 0 Å². The van der Waals surface area contributed by atoms with E-state index in [1.807, 2.05) is 55.7 Å². The number of thiazole rings is 1. The molecule has 4 heteroatoms. The van der Waals surface area contributed by atoms with E-state index in [0.717, 1.165) is 27.6 Å². The highest BCUT2D eigenvalue weighted by atomic mass is 32.1. The van der Waals surface area contributed by atoms with Crippen LogP contribution < -0.4 is 4.74 Å². The van der Waals surface area contributed by atoms with E-state index in [2.05, 4.69) is 9.97 Å². The predicted octanol–water partition coefficient (Wildman–Crippen LogP) is 4.19. The third-order valence-corrected chi connectivity index (χ3v) is 4.33. The Bertz CT molecular complexity index is 705. The van der Waals surface area contributed by atoms with Crippen LogP contribution >= 0.6 is 11.3 Å². The molecule has 20 heavy (non-hydrogen) atoms. The molecule has 1 aromatic carbocycles. The summed E-state index contributed by atoms with van der Waals surface area (Å²) in [6.45, 7) is 2.04. The van der Waals surface area contributed by atoms with Crippen LogP contribution in [0.2, 0.25) is 0 Å². The number of hydrogen-bond donors (Lipinski definition) is 0. The first-order valence-electron chi connectivity index (χ1n) is 6.30. The van der Waals surface area contributed by atoms with Crippen LogP contribution in [0.3, 0.4) is 0 Å². The van der Waals surface area contributed by atoms with Crippen molar-refractivity contribution in [3.63, 3.8) is 0 Å². The fourth-order valence-electron chi connectivity index (χ4n) is 2.02. The fourth-order valence-corrected chi connectivity index (χ4v) is 3.10. The van der Waals surface area contributed by atoms with Gasteiger partial charge in [0.15, 0.2) is 0 Å². The van der Waals surface area contributed by atoms with Gasteiger partial charge in [-0.3, -0.25) is 4.98 Å². The summed E-state index contributed by atoms with van der Waals surface area (Å²) in [6, 6.07) is 12.0. The molecule has 0 aliphatic carbocycles. The van der Waals surface area contributed by atoms with E-state index in [9.17, 15) is 0 Å². The summed E-state index contributed by atoms with van der Waals surface area (Å²) in [7, 11) is 1.67. The van der Waals surface area contributed by atoms with E-state index in [1.54, 1.807) is 18.4 Å². The number of rotatable bonds is 3. The molecular formula is C16H14N2OS. The maximum atomic E-state index is 5.18. The van der Waals surface area contributed by atoms with Crippen LogP contribution in [-0.2, 0) is 0 Å². The van der Waals surface area contributed by atoms with Crippen LogP contribution in [0, 0.1) is 6.92 Å². The summed E-state index contributed by atoms with van der Waals surface area (Å²) in [5.74, 6) is 0.858. The minimum absolute atomic E-state index is 0.858. The zero-order valence-electron chi connectivity index (χ0n) is 11.3. The van der Waals surface area contributed by atoms with Gasteiger partial charge in [0.05, 0.1) is 17.7 Å². The van der Waals surface area contributed by atoms with Gasteiger partial charge >= 0.3 is 0 Å². The van der Waals surface area contributed by atoms with Crippen molar-refractivity contribution in [3.8, 4) is 26.8 Å². The first-order valence-corrected chi connectivity index (χ1v) is 7.12. The van der Waals surface area contributed by atoms with Crippen LogP contribution in [0.15, 0.2) is 48.8 Å². The van der Waals surface area contributed by atoms with Crippen molar-refractivity contribution in [2.24, 2.45) is 0 Å². The fraction of sp³-hybridized carbons (Fsp3) is 0.125. The molecule has 0 saturated heterocycles. The Kier molecular flexibility index (Phi) is 3.48. The summed E-state index contributed by atoms with van der Waals surface area (Å²) in [5, 5.41) is 1.02. The first kappa shape index (κ1) is 12.8. The number of nitrogens with zero attached hydrogens (tertiary/aromatic N) is 2. The Morgan fingerprint density at radius 3 is 2.30 bits per heavy atom. The molecule has 0 amide bonds. The van der Waals surface area contributed by atoms with Crippen LogP contribution in [0.1, 0.15) is 5.69 Å². The third-order valence-electron chi connectivity index (χ3n) is 3.08. The molecule has 2 heterocycles. The molecule has 0 radical (unpaired) electrons. The van der Waals surface area contributed by atoms with E-state index in [0.29, 0.717) is 0 Å². The number of aryl methyl sites for hydroxylation is 1. The van der Waals surface area contributed by atoms with E-state index in [4.69, 9.17) is 4.74 Å². The lowest BCUT2D eigenvalue weighted by atomic mass is 10.2. The standard InChI is InChI=1S/C16H14N2OS/c1-11-15(12-7-9-17-10-8-12)20-16(18-11)13-3-5-14(19-2)6-4-13/h3-10H,1-2H3. The number of pyridine rings is 1. The highest BCUT2D eigenvalue weighted by Crippen LogP contribution is 2.35. The number of benzene rings is 1. The minimum Gasteiger partial charge on any atom is -0.497 e. The molecule has 0 spiro atoms. The van der Waals surface area contributed by atoms with Gasteiger partial charge in [-0.15, -0.1) is 11.3 Å². The van der Waals surface area contributed by atoms with Gasteiger partial charge in [0.2, 0.25) is 0 Å². The minimum atomic E-state index is 0.858. The molecule has 100 valence electrons. The van der Waals surface area contributed by atoms with Gasteiger partial charge < -0.3 is 4.74 Å². The molecule has 0 aliphatic heterocycles. The van der Waals surface area contributed by atoms with Crippen molar-refractivity contribution < 1.29 is 4.74 Å². The summed E-state index contributed by atoms with van der Waals surface area (Å²) < 4.78 is 5.18. The molecule has 0 N–H and O–H groups in total. The average Bonchev–Trinajstić information content (AvgIpc) is 2.90. The average molecular weight is 282 g/mol. The molecule has 0 atom stereocenters. The van der Waals surface area contributed by atoms with E-state index < -0.39 is 0 Å². The third kappa shape index (κ3) is 2.42. The van der Waals surface area contributed by atoms with Crippen molar-refractivity contribution >= 4 is 11.3 Å². The molecule has 3 rings (SSSR count). The molecule has 3 nitrogen and oxygen atoms in total. The topological polar surface area (TPSA) is 35.0 Å². The van der Waals surface area contributed by atoms with Gasteiger partial charge in [0.1, 0.15) is 10.8 Å². The van der Waals surface area contributed by atoms with Gasteiger partial charge in [0, 0.05) is 18.0 Å². The van der Waals surface area contributed by atoms with Crippen molar-refractivity contribution in [3.05, 3.63) is 54.5 Å². The molecule has 3 aromatic rings. The van der Waals surface area contributed by atoms with E-state index in [-0.39, 0.29) is 0 Å². The second-order valence-electron chi connectivity index (χ2n) is 4.40. The smallest absolute Gasteiger partial charge is 0.124 e. The Hall–Kier alpha value is -2.20. The molecule has 0 saturated carbocycles. The molecular weight excluding hydrogens is 268 g/mol. The van der Waals surface area contributed by atoms with Gasteiger partial charge in [-0.1, -0.05) is 0 Å². The Balaban J connectivity index is 2.00. The molecule has 0 aliphatic rings. The first-order chi connectivity index (χ1) is 9.78. The van der Waals surface area contributed by atoms with Gasteiger partial charge in [-0.25, -0.2) is 4.98 Å². The van der Waals surface area contributed by atoms with Crippen LogP contribution in [0.5, 0.6) is 5.75 Å². The number of methoxy groups -OCH3 is 1. The highest BCUT2D eigenvalue weighted by Gasteiger charge is 2.11. The summed E-state index contributed by atoms with van der Waals surface area (Å²) in [4.78, 5) is 9.92. The molecule has 0 bridgehead atoms. The second-order valence-corrected chi connectivity index (χ2v) is 5.40. The summed E-state index contributed by atoms with van der Waals surface area (Å²) >= 11 is 1.70. The predicted molar refractivity (Wildman–Crippen MR) is 82.1 cm³/mol. The number of hydrogen-bond acceptors (Lipinski definition) is 4. The zero-order chi connectivity index (χ0) is 13.9. The van der Waals surface area contributed by atoms with Gasteiger partial charge in [-0.05, 0) is 48.9 Å². The lowest BCUT2D eigenvalue weighted by molar-refractivity contribution is 0.415. The Morgan fingerprint density at radius 1 is 0.950 bits per heavy atom. The monoisotopic (exact) mass is 282 g/mol. The van der Waals surface area contributed by atoms with E-state index >= 15 is 0 Å². The van der Waals surface area contributed by atoms with Crippen molar-refractivity contribution in [2.45, 2.75) is 6.92 Å². The molecule has 2 aromatic heterocycles. The second kappa shape index (κ2) is 5.43. The van der Waals surface area contributed by atoms with Crippen molar-refractivity contribution in [1.29, 1.82) is 0 Å². The van der Waals surface area contributed by atoms with Gasteiger partial charge in [0.25, 0.3) is 0 Å². The Morgan fingerprint density at radius 2 is 1.65 bits per heavy atom. The number of aromatic nitrogens is 2. The highest BCUT2D eigenvalue weighted by molar-refractivity contribution is 7.18. The molecule has 0 fully saturated rings. The van der Waals surface area contributed by atoms with Crippen molar-refractivity contribution in [2.75, 3.05) is 7.11 Å². The maximum Gasteiger partial charge on any atom is 0.124 e. The lowest BCUT2D eigenvalue weighted by Gasteiger charge is -2.00. The maximum absolute atomic E-state index is 5.18. The SMILES string of the molecule is COc1ccc(-c2nc(C)c(-c3ccncc3)s2)cc1. The van der Waals surface area contributed by atoms with Crippen LogP contribution in [0.4, 0.5) is 0 Å². The lowest BCUT2D eigenvalue weighted by Crippen LogP contribution is -1.82. The quantitative estimate of drug-likeness (QED) is 0.722. The number of ether oxygens (including phenoxy) is 1. The summed E-state index contributed by atoms with van der Waals surface area (Å²) in [5.41, 5.74) is 3.32. The Labute approximate surface area is 121 Å². The zero-order valence-corrected chi connectivity index (χ0v) is 12.1. The molecule has 0 unspecified atom stereocenters. The van der Waals surface area contributed by atoms with Crippen LogP contribution in [0.25, 0.3) is 21.0 Å². The summed E-state index contributed by atoms with van der Waals surface area (Å²) in [6.07, 6.45) is 3.61.